The highest BCUT2D eigenvalue weighted by Crippen LogP contribution is 2.26. The van der Waals surface area contributed by atoms with Gasteiger partial charge in [0.2, 0.25) is 0 Å². The maximum Gasteiger partial charge on any atom is 0.341 e. The van der Waals surface area contributed by atoms with Gasteiger partial charge < -0.3 is 15.2 Å². The molecule has 0 aliphatic rings. The van der Waals surface area contributed by atoms with Crippen LogP contribution in [0.2, 0.25) is 0 Å². The third-order valence-corrected chi connectivity index (χ3v) is 3.71. The first-order valence-electron chi connectivity index (χ1n) is 7.77. The molecule has 2 aromatic rings. The van der Waals surface area contributed by atoms with Gasteiger partial charge in [0.25, 0.3) is 5.91 Å². The first-order chi connectivity index (χ1) is 11.4. The van der Waals surface area contributed by atoms with Crippen LogP contribution in [0, 0.1) is 13.8 Å². The van der Waals surface area contributed by atoms with Crippen molar-refractivity contribution in [1.29, 1.82) is 0 Å². The molecule has 0 aliphatic carbocycles. The van der Waals surface area contributed by atoms with Gasteiger partial charge in [0, 0.05) is 11.3 Å². The number of carboxylic acid groups (broad SMARTS) is 1. The number of rotatable bonds is 6. The Labute approximate surface area is 141 Å². The molecule has 1 amide bonds. The lowest BCUT2D eigenvalue weighted by Gasteiger charge is -2.14. The zero-order chi connectivity index (χ0) is 17.7. The van der Waals surface area contributed by atoms with E-state index in [0.29, 0.717) is 11.3 Å². The average molecular weight is 327 g/mol. The summed E-state index contributed by atoms with van der Waals surface area (Å²) in [5.41, 5.74) is 3.83. The van der Waals surface area contributed by atoms with Crippen LogP contribution >= 0.6 is 0 Å². The third kappa shape index (κ3) is 4.13. The Morgan fingerprint density at radius 2 is 1.75 bits per heavy atom. The van der Waals surface area contributed by atoms with Crippen LogP contribution < -0.4 is 10.1 Å². The van der Waals surface area contributed by atoms with E-state index in [-0.39, 0.29) is 5.91 Å². The van der Waals surface area contributed by atoms with Crippen LogP contribution in [0.25, 0.3) is 0 Å². The van der Waals surface area contributed by atoms with Crippen molar-refractivity contribution in [3.63, 3.8) is 0 Å². The molecule has 0 saturated heterocycles. The second kappa shape index (κ2) is 7.64. The van der Waals surface area contributed by atoms with E-state index in [4.69, 9.17) is 9.84 Å². The molecule has 0 aliphatic heterocycles. The number of carbonyl (C=O) groups is 2. The average Bonchev–Trinajstić information content (AvgIpc) is 2.54. The molecule has 0 spiro atoms. The van der Waals surface area contributed by atoms with E-state index in [1.54, 1.807) is 26.0 Å². The van der Waals surface area contributed by atoms with Gasteiger partial charge in [-0.15, -0.1) is 0 Å². The minimum atomic E-state index is -1.04. The number of amides is 1. The molecular formula is C19H21NO4. The van der Waals surface area contributed by atoms with Gasteiger partial charge in [0.15, 0.2) is 6.61 Å². The lowest BCUT2D eigenvalue weighted by molar-refractivity contribution is -0.139. The summed E-state index contributed by atoms with van der Waals surface area (Å²) in [6.07, 6.45) is 0.830. The summed E-state index contributed by atoms with van der Waals surface area (Å²) < 4.78 is 5.29. The Balaban J connectivity index is 2.22. The number of ether oxygens (including phenoxy) is 1. The molecule has 0 unspecified atom stereocenters. The number of carbonyl (C=O) groups excluding carboxylic acids is 1. The number of carboxylic acids is 1. The van der Waals surface area contributed by atoms with E-state index in [1.807, 2.05) is 31.2 Å². The van der Waals surface area contributed by atoms with Crippen molar-refractivity contribution >= 4 is 17.6 Å². The Morgan fingerprint density at radius 1 is 1.12 bits per heavy atom. The van der Waals surface area contributed by atoms with E-state index >= 15 is 0 Å². The molecule has 0 fully saturated rings. The Bertz CT molecular complexity index is 745. The number of aryl methyl sites for hydroxylation is 3. The summed E-state index contributed by atoms with van der Waals surface area (Å²) in [7, 11) is 0. The molecule has 2 aromatic carbocycles. The van der Waals surface area contributed by atoms with Gasteiger partial charge in [0.1, 0.15) is 5.75 Å². The summed E-state index contributed by atoms with van der Waals surface area (Å²) in [5.74, 6) is -0.735. The zero-order valence-corrected chi connectivity index (χ0v) is 14.1. The third-order valence-electron chi connectivity index (χ3n) is 3.71. The van der Waals surface area contributed by atoms with Crippen molar-refractivity contribution in [3.8, 4) is 5.75 Å². The van der Waals surface area contributed by atoms with Crippen molar-refractivity contribution in [3.05, 3.63) is 58.7 Å². The van der Waals surface area contributed by atoms with Crippen LogP contribution in [0.1, 0.15) is 34.0 Å². The fourth-order valence-electron chi connectivity index (χ4n) is 2.59. The second-order valence-electron chi connectivity index (χ2n) is 5.59. The highest BCUT2D eigenvalue weighted by atomic mass is 16.5. The fourth-order valence-corrected chi connectivity index (χ4v) is 2.59. The predicted octanol–water partition coefficient (Wildman–Crippen LogP) is 3.58. The minimum Gasteiger partial charge on any atom is -0.481 e. The molecule has 24 heavy (non-hydrogen) atoms. The van der Waals surface area contributed by atoms with Crippen LogP contribution in [-0.4, -0.2) is 23.6 Å². The lowest BCUT2D eigenvalue weighted by atomic mass is 10.0. The van der Waals surface area contributed by atoms with E-state index in [0.717, 1.165) is 28.8 Å². The van der Waals surface area contributed by atoms with Gasteiger partial charge >= 0.3 is 5.97 Å². The minimum absolute atomic E-state index is 0.202. The quantitative estimate of drug-likeness (QED) is 0.850. The van der Waals surface area contributed by atoms with Crippen molar-refractivity contribution in [2.24, 2.45) is 0 Å². The topological polar surface area (TPSA) is 75.6 Å². The number of aliphatic carboxylic acids is 1. The summed E-state index contributed by atoms with van der Waals surface area (Å²) in [5, 5.41) is 11.7. The van der Waals surface area contributed by atoms with Crippen LogP contribution in [0.4, 0.5) is 5.69 Å². The SMILES string of the molecule is CCc1ccccc1NC(=O)c1cc(C)c(OCC(=O)O)c(C)c1. The van der Waals surface area contributed by atoms with E-state index in [9.17, 15) is 9.59 Å². The summed E-state index contributed by atoms with van der Waals surface area (Å²) in [6, 6.07) is 11.1. The van der Waals surface area contributed by atoms with Gasteiger partial charge in [-0.2, -0.15) is 0 Å². The smallest absolute Gasteiger partial charge is 0.341 e. The largest absolute Gasteiger partial charge is 0.481 e. The molecule has 0 bridgehead atoms. The number of para-hydroxylation sites is 1. The fraction of sp³-hybridized carbons (Fsp3) is 0.263. The number of nitrogens with one attached hydrogen (secondary N) is 1. The first-order valence-corrected chi connectivity index (χ1v) is 7.77. The van der Waals surface area contributed by atoms with Crippen LogP contribution in [-0.2, 0) is 11.2 Å². The van der Waals surface area contributed by atoms with Crippen LogP contribution in [0.5, 0.6) is 5.75 Å². The van der Waals surface area contributed by atoms with Gasteiger partial charge in [-0.25, -0.2) is 4.79 Å². The molecule has 2 rings (SSSR count). The molecule has 5 nitrogen and oxygen atoms in total. The van der Waals surface area contributed by atoms with Crippen LogP contribution in [0.3, 0.4) is 0 Å². The molecule has 2 N–H and O–H groups in total. The van der Waals surface area contributed by atoms with Crippen molar-refractivity contribution in [1.82, 2.24) is 0 Å². The van der Waals surface area contributed by atoms with Gasteiger partial charge in [-0.1, -0.05) is 25.1 Å². The first kappa shape index (κ1) is 17.5. The summed E-state index contributed by atoms with van der Waals surface area (Å²) >= 11 is 0. The Morgan fingerprint density at radius 3 is 2.33 bits per heavy atom. The standard InChI is InChI=1S/C19H21NO4/c1-4-14-7-5-6-8-16(14)20-19(23)15-9-12(2)18(13(3)10-15)24-11-17(21)22/h5-10H,4,11H2,1-3H3,(H,20,23)(H,21,22). The molecule has 0 aromatic heterocycles. The highest BCUT2D eigenvalue weighted by Gasteiger charge is 2.14. The van der Waals surface area contributed by atoms with Crippen LogP contribution in [0.15, 0.2) is 36.4 Å². The maximum atomic E-state index is 12.5. The molecule has 5 heteroatoms. The molecule has 0 atom stereocenters. The maximum absolute atomic E-state index is 12.5. The molecule has 126 valence electrons. The van der Waals surface area contributed by atoms with E-state index in [2.05, 4.69) is 5.32 Å². The summed E-state index contributed by atoms with van der Waals surface area (Å²) in [6.45, 7) is 5.22. The van der Waals surface area contributed by atoms with Gasteiger partial charge in [-0.3, -0.25) is 4.79 Å². The number of hydrogen-bond acceptors (Lipinski definition) is 3. The Kier molecular flexibility index (Phi) is 5.58. The predicted molar refractivity (Wildman–Crippen MR) is 92.8 cm³/mol. The number of anilines is 1. The van der Waals surface area contributed by atoms with E-state index < -0.39 is 12.6 Å². The summed E-state index contributed by atoms with van der Waals surface area (Å²) in [4.78, 5) is 23.2. The highest BCUT2D eigenvalue weighted by molar-refractivity contribution is 6.05. The van der Waals surface area contributed by atoms with Crippen molar-refractivity contribution in [2.75, 3.05) is 11.9 Å². The van der Waals surface area contributed by atoms with E-state index in [1.165, 1.54) is 0 Å². The van der Waals surface area contributed by atoms with Gasteiger partial charge in [-0.05, 0) is 55.2 Å². The molecule has 0 heterocycles. The molecular weight excluding hydrogens is 306 g/mol. The monoisotopic (exact) mass is 327 g/mol. The molecule has 0 radical (unpaired) electrons. The number of hydrogen-bond donors (Lipinski definition) is 2. The zero-order valence-electron chi connectivity index (χ0n) is 14.1. The number of benzene rings is 2. The van der Waals surface area contributed by atoms with Gasteiger partial charge in [0.05, 0.1) is 0 Å². The second-order valence-corrected chi connectivity index (χ2v) is 5.59. The van der Waals surface area contributed by atoms with Crippen molar-refractivity contribution < 1.29 is 19.4 Å². The molecule has 0 saturated carbocycles. The van der Waals surface area contributed by atoms with Crippen molar-refractivity contribution in [2.45, 2.75) is 27.2 Å². The lowest BCUT2D eigenvalue weighted by Crippen LogP contribution is -2.15. The Hall–Kier alpha value is -2.82. The normalized spacial score (nSPS) is 10.3.